The van der Waals surface area contributed by atoms with E-state index < -0.39 is 0 Å². The molecule has 0 aliphatic heterocycles. The Kier molecular flexibility index (Phi) is 5.15. The molecule has 1 heterocycles. The van der Waals surface area contributed by atoms with Crippen molar-refractivity contribution in [1.29, 1.82) is 0 Å². The molecule has 102 valence electrons. The van der Waals surface area contributed by atoms with Crippen molar-refractivity contribution >= 4 is 11.8 Å². The highest BCUT2D eigenvalue weighted by Gasteiger charge is 2.20. The molecule has 0 radical (unpaired) electrons. The van der Waals surface area contributed by atoms with Crippen LogP contribution in [-0.4, -0.2) is 36.0 Å². The predicted molar refractivity (Wildman–Crippen MR) is 77.9 cm³/mol. The zero-order valence-electron chi connectivity index (χ0n) is 11.6. The minimum atomic E-state index is 0.582. The number of rotatable bonds is 8. The minimum Gasteiger partial charge on any atom is -0.468 e. The first kappa shape index (κ1) is 14.0. The summed E-state index contributed by atoms with van der Waals surface area (Å²) in [5, 5.41) is 3.51. The molecule has 0 saturated heterocycles. The van der Waals surface area contributed by atoms with Gasteiger partial charge in [-0.2, -0.15) is 11.8 Å². The summed E-state index contributed by atoms with van der Waals surface area (Å²) in [5.41, 5.74) is 1.27. The SMILES string of the molecule is CSCC(C)N(C)Cc1cc(CNC2CC2)co1. The first-order valence-electron chi connectivity index (χ1n) is 6.68. The van der Waals surface area contributed by atoms with Crippen molar-refractivity contribution in [3.8, 4) is 0 Å². The van der Waals surface area contributed by atoms with E-state index in [4.69, 9.17) is 4.42 Å². The van der Waals surface area contributed by atoms with E-state index in [2.05, 4.69) is 36.5 Å². The third kappa shape index (κ3) is 4.34. The Hall–Kier alpha value is -0.450. The van der Waals surface area contributed by atoms with E-state index in [0.717, 1.165) is 30.6 Å². The Morgan fingerprint density at radius 2 is 2.33 bits per heavy atom. The molecule has 2 rings (SSSR count). The first-order valence-corrected chi connectivity index (χ1v) is 8.07. The van der Waals surface area contributed by atoms with Crippen LogP contribution in [0.2, 0.25) is 0 Å². The van der Waals surface area contributed by atoms with Crippen LogP contribution in [-0.2, 0) is 13.1 Å². The van der Waals surface area contributed by atoms with Crippen molar-refractivity contribution in [2.24, 2.45) is 0 Å². The second-order valence-corrected chi connectivity index (χ2v) is 6.21. The monoisotopic (exact) mass is 268 g/mol. The Morgan fingerprint density at radius 1 is 1.56 bits per heavy atom. The van der Waals surface area contributed by atoms with Gasteiger partial charge in [-0.05, 0) is 39.1 Å². The van der Waals surface area contributed by atoms with Crippen molar-refractivity contribution in [2.75, 3.05) is 19.1 Å². The van der Waals surface area contributed by atoms with E-state index in [9.17, 15) is 0 Å². The molecule has 18 heavy (non-hydrogen) atoms. The zero-order chi connectivity index (χ0) is 13.0. The van der Waals surface area contributed by atoms with Crippen LogP contribution >= 0.6 is 11.8 Å². The van der Waals surface area contributed by atoms with Crippen LogP contribution in [0.1, 0.15) is 31.1 Å². The second-order valence-electron chi connectivity index (χ2n) is 5.30. The van der Waals surface area contributed by atoms with Crippen molar-refractivity contribution < 1.29 is 4.42 Å². The molecule has 4 heteroatoms. The zero-order valence-corrected chi connectivity index (χ0v) is 12.4. The van der Waals surface area contributed by atoms with Gasteiger partial charge in [0.25, 0.3) is 0 Å². The van der Waals surface area contributed by atoms with Gasteiger partial charge >= 0.3 is 0 Å². The van der Waals surface area contributed by atoms with E-state index in [-0.39, 0.29) is 0 Å². The lowest BCUT2D eigenvalue weighted by molar-refractivity contribution is 0.247. The molecule has 1 aromatic heterocycles. The van der Waals surface area contributed by atoms with E-state index in [1.54, 1.807) is 0 Å². The molecular formula is C14H24N2OS. The van der Waals surface area contributed by atoms with Gasteiger partial charge < -0.3 is 9.73 Å². The van der Waals surface area contributed by atoms with Gasteiger partial charge in [-0.1, -0.05) is 0 Å². The maximum Gasteiger partial charge on any atom is 0.118 e. The van der Waals surface area contributed by atoms with Crippen molar-refractivity contribution in [1.82, 2.24) is 10.2 Å². The fraction of sp³-hybridized carbons (Fsp3) is 0.714. The highest BCUT2D eigenvalue weighted by molar-refractivity contribution is 7.98. The van der Waals surface area contributed by atoms with E-state index >= 15 is 0 Å². The molecular weight excluding hydrogens is 244 g/mol. The quantitative estimate of drug-likeness (QED) is 0.785. The van der Waals surface area contributed by atoms with Gasteiger partial charge in [-0.3, -0.25) is 4.90 Å². The minimum absolute atomic E-state index is 0.582. The van der Waals surface area contributed by atoms with Crippen molar-refractivity contribution in [3.63, 3.8) is 0 Å². The number of hydrogen-bond donors (Lipinski definition) is 1. The second kappa shape index (κ2) is 6.64. The number of thioether (sulfide) groups is 1. The molecule has 1 N–H and O–H groups in total. The van der Waals surface area contributed by atoms with Gasteiger partial charge in [0.15, 0.2) is 0 Å². The molecule has 1 unspecified atom stereocenters. The summed E-state index contributed by atoms with van der Waals surface area (Å²) in [6, 6.07) is 3.52. The molecule has 0 spiro atoms. The lowest BCUT2D eigenvalue weighted by Crippen LogP contribution is -2.30. The molecule has 0 aromatic carbocycles. The summed E-state index contributed by atoms with van der Waals surface area (Å²) < 4.78 is 5.63. The van der Waals surface area contributed by atoms with Gasteiger partial charge in [0.1, 0.15) is 5.76 Å². The van der Waals surface area contributed by atoms with Crippen LogP contribution in [0.5, 0.6) is 0 Å². The fourth-order valence-corrected chi connectivity index (χ4v) is 2.66. The molecule has 1 aromatic rings. The van der Waals surface area contributed by atoms with Crippen LogP contribution in [0.4, 0.5) is 0 Å². The third-order valence-corrected chi connectivity index (χ3v) is 4.26. The van der Waals surface area contributed by atoms with E-state index in [1.807, 2.05) is 18.0 Å². The average Bonchev–Trinajstić information content (AvgIpc) is 3.08. The van der Waals surface area contributed by atoms with Gasteiger partial charge in [-0.15, -0.1) is 0 Å². The highest BCUT2D eigenvalue weighted by atomic mass is 32.2. The van der Waals surface area contributed by atoms with Crippen molar-refractivity contribution in [2.45, 2.75) is 44.9 Å². The fourth-order valence-electron chi connectivity index (χ4n) is 1.92. The van der Waals surface area contributed by atoms with Crippen LogP contribution < -0.4 is 5.32 Å². The molecule has 0 bridgehead atoms. The van der Waals surface area contributed by atoms with Gasteiger partial charge in [0.05, 0.1) is 12.8 Å². The molecule has 1 aliphatic carbocycles. The first-order chi connectivity index (χ1) is 8.69. The third-order valence-electron chi connectivity index (χ3n) is 3.45. The average molecular weight is 268 g/mol. The number of nitrogens with one attached hydrogen (secondary N) is 1. The van der Waals surface area contributed by atoms with Crippen LogP contribution in [0.3, 0.4) is 0 Å². The Balaban J connectivity index is 1.77. The normalized spacial score (nSPS) is 17.3. The van der Waals surface area contributed by atoms with Crippen LogP contribution in [0.15, 0.2) is 16.7 Å². The van der Waals surface area contributed by atoms with Crippen molar-refractivity contribution in [3.05, 3.63) is 23.7 Å². The Labute approximate surface area is 114 Å². The summed E-state index contributed by atoms with van der Waals surface area (Å²) in [6.45, 7) is 4.10. The summed E-state index contributed by atoms with van der Waals surface area (Å²) in [7, 11) is 2.16. The van der Waals surface area contributed by atoms with Gasteiger partial charge in [-0.25, -0.2) is 0 Å². The molecule has 1 fully saturated rings. The number of nitrogens with zero attached hydrogens (tertiary/aromatic N) is 1. The molecule has 1 aliphatic rings. The summed E-state index contributed by atoms with van der Waals surface area (Å²) in [5.74, 6) is 2.23. The Morgan fingerprint density at radius 3 is 3.00 bits per heavy atom. The molecule has 1 atom stereocenters. The standard InChI is InChI=1S/C14H24N2OS/c1-11(10-18-3)16(2)8-14-6-12(9-17-14)7-15-13-4-5-13/h6,9,11,13,15H,4-5,7-8,10H2,1-3H3. The van der Waals surface area contributed by atoms with E-state index in [0.29, 0.717) is 6.04 Å². The lowest BCUT2D eigenvalue weighted by Gasteiger charge is -2.22. The van der Waals surface area contributed by atoms with Gasteiger partial charge in [0, 0.05) is 29.9 Å². The summed E-state index contributed by atoms with van der Waals surface area (Å²) in [6.07, 6.45) is 6.70. The molecule has 1 saturated carbocycles. The van der Waals surface area contributed by atoms with Gasteiger partial charge in [0.2, 0.25) is 0 Å². The smallest absolute Gasteiger partial charge is 0.118 e. The molecule has 3 nitrogen and oxygen atoms in total. The van der Waals surface area contributed by atoms with Crippen LogP contribution in [0.25, 0.3) is 0 Å². The lowest BCUT2D eigenvalue weighted by atomic mass is 10.2. The maximum atomic E-state index is 5.63. The summed E-state index contributed by atoms with van der Waals surface area (Å²) >= 11 is 1.89. The van der Waals surface area contributed by atoms with E-state index in [1.165, 1.54) is 18.4 Å². The number of furan rings is 1. The molecule has 0 amide bonds. The largest absolute Gasteiger partial charge is 0.468 e. The maximum absolute atomic E-state index is 5.63. The highest BCUT2D eigenvalue weighted by Crippen LogP contribution is 2.20. The summed E-state index contributed by atoms with van der Waals surface area (Å²) in [4.78, 5) is 2.34. The van der Waals surface area contributed by atoms with Crippen LogP contribution in [0, 0.1) is 0 Å². The predicted octanol–water partition coefficient (Wildman–Crippen LogP) is 2.71. The number of hydrogen-bond acceptors (Lipinski definition) is 4. The Bertz CT molecular complexity index is 362. The topological polar surface area (TPSA) is 28.4 Å².